The summed E-state index contributed by atoms with van der Waals surface area (Å²) in [6, 6.07) is 18.2. The highest BCUT2D eigenvalue weighted by Gasteiger charge is 2.08. The van der Waals surface area contributed by atoms with E-state index in [4.69, 9.17) is 4.98 Å². The largest absolute Gasteiger partial charge is 0.255 e. The lowest BCUT2D eigenvalue weighted by Gasteiger charge is -2.07. The predicted octanol–water partition coefficient (Wildman–Crippen LogP) is 4.15. The van der Waals surface area contributed by atoms with E-state index in [1.54, 1.807) is 6.20 Å². The van der Waals surface area contributed by atoms with Crippen molar-refractivity contribution in [3.8, 4) is 11.4 Å². The zero-order valence-corrected chi connectivity index (χ0v) is 11.6. The standard InChI is InChI=1S/C18H13N3/c1-12-18-14(13-6-2-3-7-15(13)20-12)9-10-17(21-18)16-8-4-5-11-19-16/h2-11H,1H3. The molecule has 0 atom stereocenters. The Morgan fingerprint density at radius 1 is 0.714 bits per heavy atom. The Labute approximate surface area is 122 Å². The molecule has 4 rings (SSSR count). The SMILES string of the molecule is Cc1nc2ccccc2c2ccc(-c3ccccn3)nc12. The molecule has 0 N–H and O–H groups in total. The third kappa shape index (κ3) is 1.94. The molecule has 0 aliphatic heterocycles. The maximum Gasteiger partial charge on any atom is 0.0929 e. The molecule has 0 bridgehead atoms. The second kappa shape index (κ2) is 4.63. The highest BCUT2D eigenvalue weighted by Crippen LogP contribution is 2.27. The number of pyridine rings is 3. The molecule has 3 heteroatoms. The number of para-hydroxylation sites is 1. The van der Waals surface area contributed by atoms with E-state index in [0.29, 0.717) is 0 Å². The summed E-state index contributed by atoms with van der Waals surface area (Å²) in [7, 11) is 0. The number of aromatic nitrogens is 3. The summed E-state index contributed by atoms with van der Waals surface area (Å²) in [5.74, 6) is 0. The molecule has 21 heavy (non-hydrogen) atoms. The first-order valence-electron chi connectivity index (χ1n) is 6.90. The summed E-state index contributed by atoms with van der Waals surface area (Å²) in [5, 5.41) is 2.27. The number of hydrogen-bond acceptors (Lipinski definition) is 3. The molecular weight excluding hydrogens is 258 g/mol. The molecule has 100 valence electrons. The van der Waals surface area contributed by atoms with Gasteiger partial charge in [0.25, 0.3) is 0 Å². The maximum atomic E-state index is 4.77. The maximum absolute atomic E-state index is 4.77. The van der Waals surface area contributed by atoms with E-state index in [1.165, 1.54) is 0 Å². The van der Waals surface area contributed by atoms with Crippen molar-refractivity contribution in [2.45, 2.75) is 6.92 Å². The molecule has 0 aliphatic carbocycles. The van der Waals surface area contributed by atoms with E-state index in [9.17, 15) is 0 Å². The van der Waals surface area contributed by atoms with Gasteiger partial charge in [-0.3, -0.25) is 9.97 Å². The van der Waals surface area contributed by atoms with Gasteiger partial charge in [-0.15, -0.1) is 0 Å². The lowest BCUT2D eigenvalue weighted by atomic mass is 10.1. The molecule has 4 aromatic rings. The average molecular weight is 271 g/mol. The number of fused-ring (bicyclic) bond motifs is 3. The van der Waals surface area contributed by atoms with Gasteiger partial charge in [0.1, 0.15) is 0 Å². The van der Waals surface area contributed by atoms with Crippen molar-refractivity contribution in [1.82, 2.24) is 15.0 Å². The minimum absolute atomic E-state index is 0.878. The Hall–Kier alpha value is -2.81. The van der Waals surface area contributed by atoms with Gasteiger partial charge in [-0.05, 0) is 37.3 Å². The Morgan fingerprint density at radius 3 is 2.43 bits per heavy atom. The summed E-state index contributed by atoms with van der Waals surface area (Å²) < 4.78 is 0. The minimum atomic E-state index is 0.878. The lowest BCUT2D eigenvalue weighted by molar-refractivity contribution is 1.23. The van der Waals surface area contributed by atoms with Gasteiger partial charge in [0.05, 0.1) is 28.1 Å². The molecule has 3 nitrogen and oxygen atoms in total. The topological polar surface area (TPSA) is 38.7 Å². The molecule has 3 aromatic heterocycles. The van der Waals surface area contributed by atoms with Crippen LogP contribution in [0.2, 0.25) is 0 Å². The molecule has 0 radical (unpaired) electrons. The van der Waals surface area contributed by atoms with E-state index in [0.717, 1.165) is 38.9 Å². The molecule has 0 saturated heterocycles. The number of benzene rings is 1. The fraction of sp³-hybridized carbons (Fsp3) is 0.0556. The first-order valence-corrected chi connectivity index (χ1v) is 6.90. The first kappa shape index (κ1) is 12.0. The van der Waals surface area contributed by atoms with Gasteiger partial charge in [-0.2, -0.15) is 0 Å². The molecule has 3 heterocycles. The monoisotopic (exact) mass is 271 g/mol. The van der Waals surface area contributed by atoms with Crippen LogP contribution in [-0.2, 0) is 0 Å². The normalized spacial score (nSPS) is 11.1. The predicted molar refractivity (Wildman–Crippen MR) is 85.0 cm³/mol. The lowest BCUT2D eigenvalue weighted by Crippen LogP contribution is -1.93. The van der Waals surface area contributed by atoms with E-state index < -0.39 is 0 Å². The Morgan fingerprint density at radius 2 is 1.57 bits per heavy atom. The number of rotatable bonds is 1. The van der Waals surface area contributed by atoms with Crippen LogP contribution < -0.4 is 0 Å². The molecule has 1 aromatic carbocycles. The number of hydrogen-bond donors (Lipinski definition) is 0. The zero-order valence-electron chi connectivity index (χ0n) is 11.6. The van der Waals surface area contributed by atoms with E-state index >= 15 is 0 Å². The average Bonchev–Trinajstić information content (AvgIpc) is 2.55. The van der Waals surface area contributed by atoms with Crippen LogP contribution >= 0.6 is 0 Å². The first-order chi connectivity index (χ1) is 10.3. The minimum Gasteiger partial charge on any atom is -0.255 e. The molecule has 0 spiro atoms. The van der Waals surface area contributed by atoms with Crippen molar-refractivity contribution in [3.05, 3.63) is 66.5 Å². The van der Waals surface area contributed by atoms with Crippen LogP contribution in [0.3, 0.4) is 0 Å². The summed E-state index contributed by atoms with van der Waals surface area (Å²) in [4.78, 5) is 13.8. The second-order valence-corrected chi connectivity index (χ2v) is 5.02. The van der Waals surface area contributed by atoms with Crippen LogP contribution in [0.25, 0.3) is 33.2 Å². The van der Waals surface area contributed by atoms with Gasteiger partial charge in [-0.25, -0.2) is 4.98 Å². The Balaban J connectivity index is 2.05. The zero-order chi connectivity index (χ0) is 14.2. The molecule has 0 fully saturated rings. The van der Waals surface area contributed by atoms with Crippen molar-refractivity contribution in [1.29, 1.82) is 0 Å². The fourth-order valence-corrected chi connectivity index (χ4v) is 2.64. The summed E-state index contributed by atoms with van der Waals surface area (Å²) in [5.41, 5.74) is 4.66. The van der Waals surface area contributed by atoms with Crippen LogP contribution in [0.4, 0.5) is 0 Å². The van der Waals surface area contributed by atoms with Gasteiger partial charge >= 0.3 is 0 Å². The molecule has 0 unspecified atom stereocenters. The number of nitrogens with zero attached hydrogens (tertiary/aromatic N) is 3. The van der Waals surface area contributed by atoms with Gasteiger partial charge in [-0.1, -0.05) is 24.3 Å². The van der Waals surface area contributed by atoms with Crippen molar-refractivity contribution < 1.29 is 0 Å². The van der Waals surface area contributed by atoms with Crippen LogP contribution in [0.5, 0.6) is 0 Å². The molecule has 0 saturated carbocycles. The van der Waals surface area contributed by atoms with E-state index in [1.807, 2.05) is 49.4 Å². The molecule has 0 amide bonds. The molecular formula is C18H13N3. The highest BCUT2D eigenvalue weighted by atomic mass is 14.8. The van der Waals surface area contributed by atoms with Crippen LogP contribution in [0.15, 0.2) is 60.8 Å². The van der Waals surface area contributed by atoms with Gasteiger partial charge < -0.3 is 0 Å². The Bertz CT molecular complexity index is 946. The summed E-state index contributed by atoms with van der Waals surface area (Å²) in [6.07, 6.45) is 1.78. The third-order valence-corrected chi connectivity index (χ3v) is 3.65. The van der Waals surface area contributed by atoms with Crippen LogP contribution in [-0.4, -0.2) is 15.0 Å². The smallest absolute Gasteiger partial charge is 0.0929 e. The molecule has 0 aliphatic rings. The fourth-order valence-electron chi connectivity index (χ4n) is 2.64. The summed E-state index contributed by atoms with van der Waals surface area (Å²) in [6.45, 7) is 2.00. The Kier molecular flexibility index (Phi) is 2.64. The number of aryl methyl sites for hydroxylation is 1. The quantitative estimate of drug-likeness (QED) is 0.488. The summed E-state index contributed by atoms with van der Waals surface area (Å²) >= 11 is 0. The van der Waals surface area contributed by atoms with E-state index in [2.05, 4.69) is 22.1 Å². The van der Waals surface area contributed by atoms with Crippen molar-refractivity contribution in [3.63, 3.8) is 0 Å². The highest BCUT2D eigenvalue weighted by molar-refractivity contribution is 6.05. The van der Waals surface area contributed by atoms with E-state index in [-0.39, 0.29) is 0 Å². The van der Waals surface area contributed by atoms with Crippen LogP contribution in [0, 0.1) is 6.92 Å². The van der Waals surface area contributed by atoms with Crippen molar-refractivity contribution >= 4 is 21.8 Å². The van der Waals surface area contributed by atoms with Gasteiger partial charge in [0.2, 0.25) is 0 Å². The van der Waals surface area contributed by atoms with Gasteiger partial charge in [0.15, 0.2) is 0 Å². The van der Waals surface area contributed by atoms with Crippen LogP contribution in [0.1, 0.15) is 5.69 Å². The third-order valence-electron chi connectivity index (χ3n) is 3.65. The van der Waals surface area contributed by atoms with Crippen molar-refractivity contribution in [2.24, 2.45) is 0 Å². The second-order valence-electron chi connectivity index (χ2n) is 5.02. The van der Waals surface area contributed by atoms with Gasteiger partial charge in [0, 0.05) is 17.0 Å². The van der Waals surface area contributed by atoms with Crippen molar-refractivity contribution in [2.75, 3.05) is 0 Å².